The van der Waals surface area contributed by atoms with E-state index in [4.69, 9.17) is 10.5 Å². The Bertz CT molecular complexity index is 511. The summed E-state index contributed by atoms with van der Waals surface area (Å²) in [6.45, 7) is 2.05. The van der Waals surface area contributed by atoms with Crippen LogP contribution in [0.15, 0.2) is 47.5 Å². The van der Waals surface area contributed by atoms with Gasteiger partial charge in [-0.2, -0.15) is 0 Å². The average molecular weight is 274 g/mol. The van der Waals surface area contributed by atoms with E-state index in [-0.39, 0.29) is 6.04 Å². The molecular formula is C15H18N2OS. The zero-order valence-electron chi connectivity index (χ0n) is 11.2. The maximum atomic E-state index is 5.92. The average Bonchev–Trinajstić information content (AvgIpc) is 2.48. The highest BCUT2D eigenvalue weighted by atomic mass is 32.2. The molecule has 0 amide bonds. The monoisotopic (exact) mass is 274 g/mol. The highest BCUT2D eigenvalue weighted by Crippen LogP contribution is 2.24. The Morgan fingerprint density at radius 2 is 1.84 bits per heavy atom. The van der Waals surface area contributed by atoms with E-state index in [2.05, 4.69) is 11.2 Å². The Labute approximate surface area is 118 Å². The quantitative estimate of drug-likeness (QED) is 0.837. The number of pyridine rings is 1. The first-order valence-electron chi connectivity index (χ1n) is 6.26. The molecule has 0 saturated heterocycles. The fourth-order valence-electron chi connectivity index (χ4n) is 1.66. The molecule has 0 aliphatic carbocycles. The molecule has 0 aliphatic heterocycles. The van der Waals surface area contributed by atoms with Gasteiger partial charge in [0.2, 0.25) is 0 Å². The number of nitrogens with two attached hydrogens (primary N) is 1. The Morgan fingerprint density at radius 3 is 2.37 bits per heavy atom. The van der Waals surface area contributed by atoms with Crippen molar-refractivity contribution in [3.8, 4) is 11.5 Å². The van der Waals surface area contributed by atoms with E-state index in [0.29, 0.717) is 0 Å². The van der Waals surface area contributed by atoms with Gasteiger partial charge >= 0.3 is 0 Å². The van der Waals surface area contributed by atoms with Gasteiger partial charge < -0.3 is 10.5 Å². The van der Waals surface area contributed by atoms with Crippen molar-refractivity contribution in [3.63, 3.8) is 0 Å². The van der Waals surface area contributed by atoms with Crippen molar-refractivity contribution >= 4 is 11.8 Å². The van der Waals surface area contributed by atoms with Crippen molar-refractivity contribution in [2.45, 2.75) is 24.3 Å². The second kappa shape index (κ2) is 6.59. The van der Waals surface area contributed by atoms with Gasteiger partial charge in [-0.3, -0.25) is 4.98 Å². The summed E-state index contributed by atoms with van der Waals surface area (Å²) in [5, 5.41) is 0. The molecule has 0 spiro atoms. The third-order valence-electron chi connectivity index (χ3n) is 2.87. The van der Waals surface area contributed by atoms with Crippen LogP contribution in [0.1, 0.15) is 25.1 Å². The second-order valence-corrected chi connectivity index (χ2v) is 5.09. The van der Waals surface area contributed by atoms with Gasteiger partial charge in [0, 0.05) is 10.9 Å². The van der Waals surface area contributed by atoms with E-state index in [1.54, 1.807) is 18.0 Å². The van der Waals surface area contributed by atoms with Crippen molar-refractivity contribution < 1.29 is 4.74 Å². The number of ether oxygens (including phenoxy) is 1. The molecule has 1 aromatic carbocycles. The zero-order chi connectivity index (χ0) is 13.7. The van der Waals surface area contributed by atoms with Gasteiger partial charge in [-0.25, -0.2) is 0 Å². The number of rotatable bonds is 5. The van der Waals surface area contributed by atoms with Gasteiger partial charge in [0.05, 0.1) is 11.9 Å². The summed E-state index contributed by atoms with van der Waals surface area (Å²) >= 11 is 1.71. The van der Waals surface area contributed by atoms with Gasteiger partial charge in [-0.15, -0.1) is 11.8 Å². The minimum atomic E-state index is -0.00471. The van der Waals surface area contributed by atoms with Crippen LogP contribution in [-0.4, -0.2) is 11.2 Å². The molecule has 0 bridgehead atoms. The van der Waals surface area contributed by atoms with Crippen molar-refractivity contribution in [1.29, 1.82) is 0 Å². The van der Waals surface area contributed by atoms with Crippen LogP contribution in [0.2, 0.25) is 0 Å². The first-order valence-corrected chi connectivity index (χ1v) is 7.49. The summed E-state index contributed by atoms with van der Waals surface area (Å²) in [5.74, 6) is 1.54. The van der Waals surface area contributed by atoms with Gasteiger partial charge in [-0.1, -0.05) is 6.92 Å². The second-order valence-electron chi connectivity index (χ2n) is 4.21. The first-order chi connectivity index (χ1) is 9.22. The summed E-state index contributed by atoms with van der Waals surface area (Å²) in [6.07, 6.45) is 4.65. The maximum absolute atomic E-state index is 5.92. The van der Waals surface area contributed by atoms with Crippen LogP contribution < -0.4 is 10.5 Å². The van der Waals surface area contributed by atoms with Crippen LogP contribution >= 0.6 is 11.8 Å². The predicted octanol–water partition coefficient (Wildman–Crippen LogP) is 4.01. The van der Waals surface area contributed by atoms with Gasteiger partial charge in [0.15, 0.2) is 0 Å². The smallest absolute Gasteiger partial charge is 0.145 e. The largest absolute Gasteiger partial charge is 0.456 e. The van der Waals surface area contributed by atoms with Crippen molar-refractivity contribution in [2.24, 2.45) is 5.73 Å². The van der Waals surface area contributed by atoms with Gasteiger partial charge in [0.25, 0.3) is 0 Å². The topological polar surface area (TPSA) is 48.1 Å². The third-order valence-corrected chi connectivity index (χ3v) is 3.62. The molecule has 2 rings (SSSR count). The lowest BCUT2D eigenvalue weighted by molar-refractivity contribution is 0.478. The standard InChI is InChI=1S/C15H18N2OS/c1-3-14(16)15-9-6-12(10-17-15)18-11-4-7-13(19-2)8-5-11/h4-10,14H,3,16H2,1-2H3. The molecule has 0 fully saturated rings. The number of thioether (sulfide) groups is 1. The molecule has 2 aromatic rings. The molecule has 2 N–H and O–H groups in total. The molecule has 1 aromatic heterocycles. The first kappa shape index (κ1) is 13.9. The maximum Gasteiger partial charge on any atom is 0.145 e. The molecule has 1 unspecified atom stereocenters. The molecule has 1 atom stereocenters. The van der Waals surface area contributed by atoms with E-state index < -0.39 is 0 Å². The SMILES string of the molecule is CCC(N)c1ccc(Oc2ccc(SC)cc2)cn1. The normalized spacial score (nSPS) is 12.2. The third kappa shape index (κ3) is 3.72. The Morgan fingerprint density at radius 1 is 1.16 bits per heavy atom. The number of nitrogens with zero attached hydrogens (tertiary/aromatic N) is 1. The molecule has 4 heteroatoms. The molecule has 100 valence electrons. The summed E-state index contributed by atoms with van der Waals surface area (Å²) in [7, 11) is 0. The van der Waals surface area contributed by atoms with Crippen LogP contribution in [-0.2, 0) is 0 Å². The Balaban J connectivity index is 2.06. The number of hydrogen-bond donors (Lipinski definition) is 1. The summed E-state index contributed by atoms with van der Waals surface area (Å²) in [5.41, 5.74) is 6.82. The van der Waals surface area contributed by atoms with Crippen LogP contribution in [0.4, 0.5) is 0 Å². The Hall–Kier alpha value is -1.52. The van der Waals surface area contributed by atoms with Gasteiger partial charge in [0.1, 0.15) is 11.5 Å². The fourth-order valence-corrected chi connectivity index (χ4v) is 2.07. The van der Waals surface area contributed by atoms with E-state index in [1.165, 1.54) is 4.90 Å². The van der Waals surface area contributed by atoms with E-state index in [0.717, 1.165) is 23.6 Å². The summed E-state index contributed by atoms with van der Waals surface area (Å²) < 4.78 is 5.73. The zero-order valence-corrected chi connectivity index (χ0v) is 12.0. The molecule has 19 heavy (non-hydrogen) atoms. The van der Waals surface area contributed by atoms with Gasteiger partial charge in [-0.05, 0) is 49.1 Å². The molecular weight excluding hydrogens is 256 g/mol. The minimum Gasteiger partial charge on any atom is -0.456 e. The number of aromatic nitrogens is 1. The summed E-state index contributed by atoms with van der Waals surface area (Å²) in [6, 6.07) is 11.8. The van der Waals surface area contributed by atoms with Crippen LogP contribution in [0.25, 0.3) is 0 Å². The minimum absolute atomic E-state index is 0.00471. The predicted molar refractivity (Wildman–Crippen MR) is 79.8 cm³/mol. The summed E-state index contributed by atoms with van der Waals surface area (Å²) in [4.78, 5) is 5.54. The van der Waals surface area contributed by atoms with Crippen molar-refractivity contribution in [1.82, 2.24) is 4.98 Å². The molecule has 0 saturated carbocycles. The number of hydrogen-bond acceptors (Lipinski definition) is 4. The lowest BCUT2D eigenvalue weighted by Gasteiger charge is -2.09. The Kier molecular flexibility index (Phi) is 4.82. The van der Waals surface area contributed by atoms with E-state index >= 15 is 0 Å². The number of benzene rings is 1. The lowest BCUT2D eigenvalue weighted by atomic mass is 10.1. The fraction of sp³-hybridized carbons (Fsp3) is 0.267. The van der Waals surface area contributed by atoms with Crippen LogP contribution in [0, 0.1) is 0 Å². The van der Waals surface area contributed by atoms with Crippen molar-refractivity contribution in [3.05, 3.63) is 48.3 Å². The van der Waals surface area contributed by atoms with Crippen LogP contribution in [0.3, 0.4) is 0 Å². The van der Waals surface area contributed by atoms with Crippen molar-refractivity contribution in [2.75, 3.05) is 6.26 Å². The van der Waals surface area contributed by atoms with E-state index in [9.17, 15) is 0 Å². The lowest BCUT2D eigenvalue weighted by Crippen LogP contribution is -2.10. The molecule has 1 heterocycles. The molecule has 3 nitrogen and oxygen atoms in total. The molecule has 0 aliphatic rings. The highest BCUT2D eigenvalue weighted by Gasteiger charge is 2.05. The highest BCUT2D eigenvalue weighted by molar-refractivity contribution is 7.98. The van der Waals surface area contributed by atoms with Crippen LogP contribution in [0.5, 0.6) is 11.5 Å². The van der Waals surface area contributed by atoms with E-state index in [1.807, 2.05) is 43.3 Å². The molecule has 0 radical (unpaired) electrons.